The van der Waals surface area contributed by atoms with Crippen molar-refractivity contribution in [3.05, 3.63) is 12.2 Å². The van der Waals surface area contributed by atoms with Crippen LogP contribution in [0.2, 0.25) is 0 Å². The summed E-state index contributed by atoms with van der Waals surface area (Å²) in [4.78, 5) is 23.4. The van der Waals surface area contributed by atoms with Crippen molar-refractivity contribution < 1.29 is 19.1 Å². The molecule has 146 valence electrons. The summed E-state index contributed by atoms with van der Waals surface area (Å²) in [5.74, 6) is -0.925. The summed E-state index contributed by atoms with van der Waals surface area (Å²) in [7, 11) is 0. The summed E-state index contributed by atoms with van der Waals surface area (Å²) in [6.07, 6.45) is 15.4. The fourth-order valence-electron chi connectivity index (χ4n) is 2.64. The fraction of sp³-hybridized carbons (Fsp3) is 0.810. The molecule has 0 fully saturated rings. The minimum atomic E-state index is -0.469. The minimum absolute atomic E-state index is 0.0502. The third-order valence-corrected chi connectivity index (χ3v) is 4.12. The Balaban J connectivity index is 3.82. The summed E-state index contributed by atoms with van der Waals surface area (Å²) < 4.78 is 10.5. The smallest absolute Gasteiger partial charge is 0.331 e. The SMILES string of the molecule is CCCCCCCCCOC(=O)/C=C/C(=O)OC(CCC)CCCC. The summed E-state index contributed by atoms with van der Waals surface area (Å²) in [5, 5.41) is 0. The lowest BCUT2D eigenvalue weighted by atomic mass is 10.1. The maximum absolute atomic E-state index is 11.8. The molecule has 0 saturated carbocycles. The largest absolute Gasteiger partial charge is 0.463 e. The molecule has 4 nitrogen and oxygen atoms in total. The van der Waals surface area contributed by atoms with Crippen LogP contribution in [0, 0.1) is 0 Å². The minimum Gasteiger partial charge on any atom is -0.463 e. The summed E-state index contributed by atoms with van der Waals surface area (Å²) in [5.41, 5.74) is 0. The predicted molar refractivity (Wildman–Crippen MR) is 102 cm³/mol. The van der Waals surface area contributed by atoms with Gasteiger partial charge in [-0.3, -0.25) is 0 Å². The fourth-order valence-corrected chi connectivity index (χ4v) is 2.64. The van der Waals surface area contributed by atoms with Crippen LogP contribution in [-0.4, -0.2) is 24.6 Å². The Kier molecular flexibility index (Phi) is 16.6. The van der Waals surface area contributed by atoms with Crippen LogP contribution in [0.5, 0.6) is 0 Å². The molecule has 0 aromatic carbocycles. The van der Waals surface area contributed by atoms with E-state index in [1.165, 1.54) is 44.3 Å². The van der Waals surface area contributed by atoms with E-state index in [1.807, 2.05) is 0 Å². The average molecular weight is 355 g/mol. The van der Waals surface area contributed by atoms with E-state index in [0.29, 0.717) is 6.61 Å². The number of ether oxygens (including phenoxy) is 2. The third-order valence-electron chi connectivity index (χ3n) is 4.12. The number of unbranched alkanes of at least 4 members (excludes halogenated alkanes) is 7. The molecule has 1 unspecified atom stereocenters. The van der Waals surface area contributed by atoms with E-state index in [4.69, 9.17) is 9.47 Å². The quantitative estimate of drug-likeness (QED) is 0.201. The molecule has 4 heteroatoms. The van der Waals surface area contributed by atoms with Crippen molar-refractivity contribution in [1.82, 2.24) is 0 Å². The highest BCUT2D eigenvalue weighted by Gasteiger charge is 2.11. The Morgan fingerprint density at radius 1 is 0.720 bits per heavy atom. The van der Waals surface area contributed by atoms with Gasteiger partial charge in [0, 0.05) is 12.2 Å². The number of hydrogen-bond donors (Lipinski definition) is 0. The van der Waals surface area contributed by atoms with Crippen LogP contribution in [0.15, 0.2) is 12.2 Å². The van der Waals surface area contributed by atoms with E-state index in [9.17, 15) is 9.59 Å². The van der Waals surface area contributed by atoms with Crippen molar-refractivity contribution in [1.29, 1.82) is 0 Å². The number of carbonyl (C=O) groups excluding carboxylic acids is 2. The first-order chi connectivity index (χ1) is 12.1. The number of rotatable bonds is 16. The van der Waals surface area contributed by atoms with Gasteiger partial charge in [0.25, 0.3) is 0 Å². The molecule has 0 bridgehead atoms. The van der Waals surface area contributed by atoms with Crippen molar-refractivity contribution in [2.24, 2.45) is 0 Å². The van der Waals surface area contributed by atoms with Crippen LogP contribution in [-0.2, 0) is 19.1 Å². The first-order valence-corrected chi connectivity index (χ1v) is 10.2. The van der Waals surface area contributed by atoms with E-state index >= 15 is 0 Å². The second-order valence-corrected chi connectivity index (χ2v) is 6.61. The second kappa shape index (κ2) is 17.5. The lowest BCUT2D eigenvalue weighted by molar-refractivity contribution is -0.144. The van der Waals surface area contributed by atoms with Gasteiger partial charge in [-0.1, -0.05) is 78.6 Å². The zero-order valence-electron chi connectivity index (χ0n) is 16.6. The van der Waals surface area contributed by atoms with Gasteiger partial charge in [-0.05, 0) is 19.3 Å². The Hall–Kier alpha value is -1.32. The predicted octanol–water partition coefficient (Wildman–Crippen LogP) is 5.74. The molecule has 0 spiro atoms. The van der Waals surface area contributed by atoms with Gasteiger partial charge in [0.15, 0.2) is 0 Å². The van der Waals surface area contributed by atoms with Gasteiger partial charge in [0.1, 0.15) is 6.10 Å². The normalized spacial score (nSPS) is 12.3. The Morgan fingerprint density at radius 2 is 1.32 bits per heavy atom. The van der Waals surface area contributed by atoms with Gasteiger partial charge >= 0.3 is 11.9 Å². The monoisotopic (exact) mass is 354 g/mol. The van der Waals surface area contributed by atoms with Crippen LogP contribution >= 0.6 is 0 Å². The third kappa shape index (κ3) is 15.9. The van der Waals surface area contributed by atoms with Gasteiger partial charge in [-0.2, -0.15) is 0 Å². The topological polar surface area (TPSA) is 52.6 Å². The number of carbonyl (C=O) groups is 2. The van der Waals surface area contributed by atoms with E-state index in [0.717, 1.165) is 44.9 Å². The molecule has 0 amide bonds. The van der Waals surface area contributed by atoms with Crippen LogP contribution < -0.4 is 0 Å². The molecule has 0 aromatic heterocycles. The van der Waals surface area contributed by atoms with Crippen molar-refractivity contribution >= 4 is 11.9 Å². The molecule has 0 aromatic rings. The average Bonchev–Trinajstić information content (AvgIpc) is 2.60. The molecule has 0 rings (SSSR count). The van der Waals surface area contributed by atoms with Crippen LogP contribution in [0.25, 0.3) is 0 Å². The van der Waals surface area contributed by atoms with Crippen molar-refractivity contribution in [3.63, 3.8) is 0 Å². The summed E-state index contributed by atoms with van der Waals surface area (Å²) in [6, 6.07) is 0. The first-order valence-electron chi connectivity index (χ1n) is 10.2. The second-order valence-electron chi connectivity index (χ2n) is 6.61. The maximum atomic E-state index is 11.8. The molecule has 0 heterocycles. The van der Waals surface area contributed by atoms with E-state index in [1.54, 1.807) is 0 Å². The Morgan fingerprint density at radius 3 is 1.96 bits per heavy atom. The molecular weight excluding hydrogens is 316 g/mol. The highest BCUT2D eigenvalue weighted by Crippen LogP contribution is 2.11. The molecule has 0 N–H and O–H groups in total. The van der Waals surface area contributed by atoms with Crippen molar-refractivity contribution in [2.75, 3.05) is 6.61 Å². The van der Waals surface area contributed by atoms with E-state index in [2.05, 4.69) is 20.8 Å². The zero-order chi connectivity index (χ0) is 18.8. The van der Waals surface area contributed by atoms with Gasteiger partial charge in [-0.15, -0.1) is 0 Å². The summed E-state index contributed by atoms with van der Waals surface area (Å²) >= 11 is 0. The molecule has 0 radical (unpaired) electrons. The van der Waals surface area contributed by atoms with Crippen LogP contribution in [0.3, 0.4) is 0 Å². The standard InChI is InChI=1S/C21H38O4/c1-4-7-9-10-11-12-13-18-24-20(22)16-17-21(23)25-19(14-6-3)15-8-5-2/h16-17,19H,4-15,18H2,1-3H3/b17-16+. The van der Waals surface area contributed by atoms with Gasteiger partial charge < -0.3 is 9.47 Å². The lowest BCUT2D eigenvalue weighted by Gasteiger charge is -2.15. The number of esters is 2. The Labute approximate surface area is 154 Å². The van der Waals surface area contributed by atoms with E-state index in [-0.39, 0.29) is 6.10 Å². The molecule has 1 atom stereocenters. The molecule has 0 aliphatic carbocycles. The van der Waals surface area contributed by atoms with Crippen LogP contribution in [0.1, 0.15) is 97.8 Å². The van der Waals surface area contributed by atoms with Crippen molar-refractivity contribution in [3.8, 4) is 0 Å². The van der Waals surface area contributed by atoms with Gasteiger partial charge in [0.2, 0.25) is 0 Å². The molecular formula is C21H38O4. The van der Waals surface area contributed by atoms with E-state index < -0.39 is 11.9 Å². The molecule has 0 aliphatic rings. The zero-order valence-corrected chi connectivity index (χ0v) is 16.6. The number of hydrogen-bond acceptors (Lipinski definition) is 4. The van der Waals surface area contributed by atoms with Crippen LogP contribution in [0.4, 0.5) is 0 Å². The highest BCUT2D eigenvalue weighted by molar-refractivity contribution is 5.91. The first kappa shape index (κ1) is 23.7. The lowest BCUT2D eigenvalue weighted by Crippen LogP contribution is -2.17. The molecule has 0 saturated heterocycles. The maximum Gasteiger partial charge on any atom is 0.331 e. The highest BCUT2D eigenvalue weighted by atomic mass is 16.5. The van der Waals surface area contributed by atoms with Crippen molar-refractivity contribution in [2.45, 2.75) is 104 Å². The molecule has 25 heavy (non-hydrogen) atoms. The Bertz CT molecular complexity index is 363. The summed E-state index contributed by atoms with van der Waals surface area (Å²) in [6.45, 7) is 6.81. The van der Waals surface area contributed by atoms with Gasteiger partial charge in [0.05, 0.1) is 6.61 Å². The molecule has 0 aliphatic heterocycles. The van der Waals surface area contributed by atoms with Gasteiger partial charge in [-0.25, -0.2) is 9.59 Å².